The first-order chi connectivity index (χ1) is 11.3. The summed E-state index contributed by atoms with van der Waals surface area (Å²) >= 11 is 0. The Kier molecular flexibility index (Phi) is 4.52. The second kappa shape index (κ2) is 6.92. The zero-order valence-electron chi connectivity index (χ0n) is 13.0. The number of fused-ring (bicyclic) bond motifs is 1. The Hall–Kier alpha value is -2.88. The van der Waals surface area contributed by atoms with Crippen molar-refractivity contribution < 1.29 is 9.53 Å². The summed E-state index contributed by atoms with van der Waals surface area (Å²) in [4.78, 5) is 17.0. The summed E-state index contributed by atoms with van der Waals surface area (Å²) in [7, 11) is 0. The summed E-state index contributed by atoms with van der Waals surface area (Å²) in [5.41, 5.74) is 1.99. The summed E-state index contributed by atoms with van der Waals surface area (Å²) in [5, 5.41) is 3.92. The zero-order chi connectivity index (χ0) is 16.1. The Bertz CT molecular complexity index is 825. The van der Waals surface area contributed by atoms with Gasteiger partial charge in [0.15, 0.2) is 0 Å². The first kappa shape index (κ1) is 15.0. The molecule has 1 amide bonds. The van der Waals surface area contributed by atoms with E-state index in [0.29, 0.717) is 23.6 Å². The van der Waals surface area contributed by atoms with Crippen LogP contribution in [-0.4, -0.2) is 17.5 Å². The second-order valence-electron chi connectivity index (χ2n) is 5.18. The van der Waals surface area contributed by atoms with E-state index in [-0.39, 0.29) is 5.91 Å². The SMILES string of the molecule is CCCOc1ccccc1C(=O)Nc1cccc2cccnc12. The molecule has 23 heavy (non-hydrogen) atoms. The maximum Gasteiger partial charge on any atom is 0.259 e. The third kappa shape index (κ3) is 3.31. The normalized spacial score (nSPS) is 10.5. The summed E-state index contributed by atoms with van der Waals surface area (Å²) < 4.78 is 5.66. The number of para-hydroxylation sites is 2. The molecule has 4 heteroatoms. The zero-order valence-corrected chi connectivity index (χ0v) is 13.0. The van der Waals surface area contributed by atoms with Crippen molar-refractivity contribution in [1.82, 2.24) is 4.98 Å². The molecule has 0 bridgehead atoms. The first-order valence-electron chi connectivity index (χ1n) is 7.66. The van der Waals surface area contributed by atoms with Crippen LogP contribution in [0.15, 0.2) is 60.8 Å². The van der Waals surface area contributed by atoms with Crippen LogP contribution in [0.5, 0.6) is 5.75 Å². The second-order valence-corrected chi connectivity index (χ2v) is 5.18. The predicted octanol–water partition coefficient (Wildman–Crippen LogP) is 4.28. The van der Waals surface area contributed by atoms with Crippen molar-refractivity contribution in [2.45, 2.75) is 13.3 Å². The summed E-state index contributed by atoms with van der Waals surface area (Å²) in [6.45, 7) is 2.62. The topological polar surface area (TPSA) is 51.2 Å². The van der Waals surface area contributed by atoms with Crippen molar-refractivity contribution >= 4 is 22.5 Å². The smallest absolute Gasteiger partial charge is 0.259 e. The molecule has 0 atom stereocenters. The van der Waals surface area contributed by atoms with Crippen LogP contribution in [0, 0.1) is 0 Å². The Balaban J connectivity index is 1.89. The van der Waals surface area contributed by atoms with Gasteiger partial charge in [-0.2, -0.15) is 0 Å². The Morgan fingerprint density at radius 1 is 1.09 bits per heavy atom. The fraction of sp³-hybridized carbons (Fsp3) is 0.158. The lowest BCUT2D eigenvalue weighted by Crippen LogP contribution is -2.14. The Morgan fingerprint density at radius 3 is 2.78 bits per heavy atom. The molecule has 0 fully saturated rings. The Labute approximate surface area is 135 Å². The van der Waals surface area contributed by atoms with Gasteiger partial charge in [0.25, 0.3) is 5.91 Å². The van der Waals surface area contributed by atoms with Gasteiger partial charge in [0, 0.05) is 11.6 Å². The molecule has 4 nitrogen and oxygen atoms in total. The van der Waals surface area contributed by atoms with E-state index in [9.17, 15) is 4.79 Å². The van der Waals surface area contributed by atoms with Crippen LogP contribution in [-0.2, 0) is 0 Å². The number of ether oxygens (including phenoxy) is 1. The highest BCUT2D eigenvalue weighted by Crippen LogP contribution is 2.24. The number of carbonyl (C=O) groups excluding carboxylic acids is 1. The van der Waals surface area contributed by atoms with Gasteiger partial charge in [0.05, 0.1) is 23.4 Å². The number of benzene rings is 2. The van der Waals surface area contributed by atoms with Gasteiger partial charge in [-0.05, 0) is 30.7 Å². The highest BCUT2D eigenvalue weighted by atomic mass is 16.5. The number of amides is 1. The molecule has 1 aromatic heterocycles. The van der Waals surface area contributed by atoms with Gasteiger partial charge in [-0.15, -0.1) is 0 Å². The molecule has 0 aliphatic heterocycles. The predicted molar refractivity (Wildman–Crippen MR) is 91.9 cm³/mol. The van der Waals surface area contributed by atoms with E-state index in [1.165, 1.54) is 0 Å². The van der Waals surface area contributed by atoms with Crippen LogP contribution in [0.3, 0.4) is 0 Å². The number of hydrogen-bond donors (Lipinski definition) is 1. The minimum absolute atomic E-state index is 0.199. The third-order valence-corrected chi connectivity index (χ3v) is 3.47. The molecular weight excluding hydrogens is 288 g/mol. The van der Waals surface area contributed by atoms with Gasteiger partial charge in [-0.3, -0.25) is 9.78 Å². The van der Waals surface area contributed by atoms with Gasteiger partial charge in [-0.25, -0.2) is 0 Å². The number of pyridine rings is 1. The minimum atomic E-state index is -0.199. The highest BCUT2D eigenvalue weighted by Gasteiger charge is 2.13. The molecular formula is C19H18N2O2. The average molecular weight is 306 g/mol. The van der Waals surface area contributed by atoms with Crippen molar-refractivity contribution in [2.75, 3.05) is 11.9 Å². The summed E-state index contributed by atoms with van der Waals surface area (Å²) in [6, 6.07) is 16.8. The number of nitrogens with zero attached hydrogens (tertiary/aromatic N) is 1. The lowest BCUT2D eigenvalue weighted by atomic mass is 10.1. The van der Waals surface area contributed by atoms with E-state index >= 15 is 0 Å². The highest BCUT2D eigenvalue weighted by molar-refractivity contribution is 6.09. The quantitative estimate of drug-likeness (QED) is 0.765. The van der Waals surface area contributed by atoms with Crippen molar-refractivity contribution in [2.24, 2.45) is 0 Å². The van der Waals surface area contributed by atoms with Crippen LogP contribution in [0.1, 0.15) is 23.7 Å². The average Bonchev–Trinajstić information content (AvgIpc) is 2.60. The van der Waals surface area contributed by atoms with Gasteiger partial charge >= 0.3 is 0 Å². The first-order valence-corrected chi connectivity index (χ1v) is 7.66. The molecule has 2 aromatic carbocycles. The molecule has 0 aliphatic carbocycles. The van der Waals surface area contributed by atoms with E-state index in [0.717, 1.165) is 17.3 Å². The number of aromatic nitrogens is 1. The molecule has 116 valence electrons. The number of nitrogens with one attached hydrogen (secondary N) is 1. The lowest BCUT2D eigenvalue weighted by Gasteiger charge is -2.12. The van der Waals surface area contributed by atoms with Crippen LogP contribution in [0.25, 0.3) is 10.9 Å². The number of anilines is 1. The minimum Gasteiger partial charge on any atom is -0.493 e. The molecule has 3 aromatic rings. The van der Waals surface area contributed by atoms with E-state index in [1.807, 2.05) is 55.5 Å². The van der Waals surface area contributed by atoms with Crippen molar-refractivity contribution in [3.8, 4) is 5.75 Å². The van der Waals surface area contributed by atoms with Gasteiger partial charge in [0.1, 0.15) is 5.75 Å². The maximum absolute atomic E-state index is 12.6. The molecule has 0 radical (unpaired) electrons. The molecule has 0 unspecified atom stereocenters. The molecule has 1 N–H and O–H groups in total. The van der Waals surface area contributed by atoms with E-state index in [1.54, 1.807) is 12.3 Å². The molecule has 0 saturated heterocycles. The maximum atomic E-state index is 12.6. The molecule has 0 spiro atoms. The van der Waals surface area contributed by atoms with Crippen LogP contribution in [0.2, 0.25) is 0 Å². The van der Waals surface area contributed by atoms with Gasteiger partial charge in [-0.1, -0.05) is 37.3 Å². The van der Waals surface area contributed by atoms with Crippen LogP contribution < -0.4 is 10.1 Å². The van der Waals surface area contributed by atoms with Gasteiger partial charge in [0.2, 0.25) is 0 Å². The van der Waals surface area contributed by atoms with Gasteiger partial charge < -0.3 is 10.1 Å². The van der Waals surface area contributed by atoms with Crippen LogP contribution >= 0.6 is 0 Å². The summed E-state index contributed by atoms with van der Waals surface area (Å²) in [6.07, 6.45) is 2.61. The van der Waals surface area contributed by atoms with Crippen molar-refractivity contribution in [3.05, 3.63) is 66.4 Å². The standard InChI is InChI=1S/C19H18N2O2/c1-2-13-23-17-11-4-3-9-15(17)19(22)21-16-10-5-7-14-8-6-12-20-18(14)16/h3-12H,2,13H2,1H3,(H,21,22). The number of rotatable bonds is 5. The summed E-state index contributed by atoms with van der Waals surface area (Å²) in [5.74, 6) is 0.398. The molecule has 3 rings (SSSR count). The molecule has 0 aliphatic rings. The largest absolute Gasteiger partial charge is 0.493 e. The lowest BCUT2D eigenvalue weighted by molar-refractivity contribution is 0.102. The van der Waals surface area contributed by atoms with E-state index in [4.69, 9.17) is 4.74 Å². The van der Waals surface area contributed by atoms with E-state index in [2.05, 4.69) is 10.3 Å². The Morgan fingerprint density at radius 2 is 1.91 bits per heavy atom. The fourth-order valence-electron chi connectivity index (χ4n) is 2.39. The van der Waals surface area contributed by atoms with Crippen molar-refractivity contribution in [3.63, 3.8) is 0 Å². The molecule has 1 heterocycles. The van der Waals surface area contributed by atoms with Crippen molar-refractivity contribution in [1.29, 1.82) is 0 Å². The monoisotopic (exact) mass is 306 g/mol. The third-order valence-electron chi connectivity index (χ3n) is 3.47. The van der Waals surface area contributed by atoms with E-state index < -0.39 is 0 Å². The van der Waals surface area contributed by atoms with Crippen LogP contribution in [0.4, 0.5) is 5.69 Å². The number of hydrogen-bond acceptors (Lipinski definition) is 3. The fourth-order valence-corrected chi connectivity index (χ4v) is 2.39. The molecule has 0 saturated carbocycles. The number of carbonyl (C=O) groups is 1.